The molecule has 0 radical (unpaired) electrons. The number of halogens is 1. The fourth-order valence-electron chi connectivity index (χ4n) is 1.17. The first-order valence-corrected chi connectivity index (χ1v) is 4.64. The molecule has 0 bridgehead atoms. The van der Waals surface area contributed by atoms with Crippen LogP contribution < -0.4 is 4.74 Å². The third kappa shape index (κ3) is 2.56. The smallest absolute Gasteiger partial charge is 0.335 e. The van der Waals surface area contributed by atoms with Crippen molar-refractivity contribution in [2.45, 2.75) is 20.0 Å². The van der Waals surface area contributed by atoms with Crippen molar-refractivity contribution in [2.75, 3.05) is 0 Å². The minimum atomic E-state index is -1.24. The number of hydrogen-bond donors (Lipinski definition) is 1. The molecule has 0 atom stereocenters. The lowest BCUT2D eigenvalue weighted by molar-refractivity contribution is 0.0696. The summed E-state index contributed by atoms with van der Waals surface area (Å²) in [6, 6.07) is 2.03. The molecule has 0 aromatic heterocycles. The minimum Gasteiger partial charge on any atom is -0.488 e. The normalized spacial score (nSPS) is 10.2. The van der Waals surface area contributed by atoms with Crippen molar-refractivity contribution in [2.24, 2.45) is 0 Å². The largest absolute Gasteiger partial charge is 0.488 e. The van der Waals surface area contributed by atoms with Gasteiger partial charge in [-0.15, -0.1) is 0 Å². The van der Waals surface area contributed by atoms with Gasteiger partial charge in [-0.25, -0.2) is 9.18 Å². The van der Waals surface area contributed by atoms with Crippen LogP contribution in [0.15, 0.2) is 12.1 Å². The summed E-state index contributed by atoms with van der Waals surface area (Å²) < 4.78 is 18.6. The van der Waals surface area contributed by atoms with Crippen molar-refractivity contribution in [1.82, 2.24) is 0 Å². The molecule has 1 aromatic rings. The number of carbonyl (C=O) groups excluding carboxylic acids is 1. The lowest BCUT2D eigenvalue weighted by Gasteiger charge is -2.12. The molecule has 5 heteroatoms. The standard InChI is InChI=1S/C11H11FO4/c1-6(2)16-9-4-7(11(14)15)3-8(5-13)10(9)12/h3-6H,1-2H3,(H,14,15). The number of aromatic carboxylic acids is 1. The second-order valence-corrected chi connectivity index (χ2v) is 3.47. The first-order valence-electron chi connectivity index (χ1n) is 4.64. The fourth-order valence-corrected chi connectivity index (χ4v) is 1.17. The summed E-state index contributed by atoms with van der Waals surface area (Å²) in [5.74, 6) is -2.30. The Morgan fingerprint density at radius 3 is 2.56 bits per heavy atom. The number of rotatable bonds is 4. The number of benzene rings is 1. The van der Waals surface area contributed by atoms with Crippen molar-refractivity contribution >= 4 is 12.3 Å². The van der Waals surface area contributed by atoms with Crippen LogP contribution in [0.3, 0.4) is 0 Å². The number of carboxylic acid groups (broad SMARTS) is 1. The second-order valence-electron chi connectivity index (χ2n) is 3.47. The molecule has 1 N–H and O–H groups in total. The monoisotopic (exact) mass is 226 g/mol. The van der Waals surface area contributed by atoms with E-state index in [0.717, 1.165) is 12.1 Å². The van der Waals surface area contributed by atoms with E-state index in [1.807, 2.05) is 0 Å². The van der Waals surface area contributed by atoms with Gasteiger partial charge >= 0.3 is 5.97 Å². The quantitative estimate of drug-likeness (QED) is 0.799. The molecule has 0 aliphatic heterocycles. The third-order valence-corrected chi connectivity index (χ3v) is 1.80. The molecule has 0 aliphatic carbocycles. The molecule has 86 valence electrons. The van der Waals surface area contributed by atoms with Gasteiger partial charge in [0, 0.05) is 0 Å². The number of carboxylic acids is 1. The van der Waals surface area contributed by atoms with Gasteiger partial charge in [-0.1, -0.05) is 0 Å². The van der Waals surface area contributed by atoms with Gasteiger partial charge in [0.05, 0.1) is 17.2 Å². The number of aldehydes is 1. The van der Waals surface area contributed by atoms with Gasteiger partial charge in [-0.2, -0.15) is 0 Å². The third-order valence-electron chi connectivity index (χ3n) is 1.80. The van der Waals surface area contributed by atoms with E-state index in [9.17, 15) is 14.0 Å². The molecule has 16 heavy (non-hydrogen) atoms. The van der Waals surface area contributed by atoms with Crippen LogP contribution in [0.1, 0.15) is 34.6 Å². The summed E-state index contributed by atoms with van der Waals surface area (Å²) in [5.41, 5.74) is -0.505. The average Bonchev–Trinajstić information content (AvgIpc) is 2.20. The Bertz CT molecular complexity index is 426. The molecule has 0 unspecified atom stereocenters. The van der Waals surface area contributed by atoms with Crippen LogP contribution in [0.5, 0.6) is 5.75 Å². The second kappa shape index (κ2) is 4.74. The highest BCUT2D eigenvalue weighted by Gasteiger charge is 2.15. The Morgan fingerprint density at radius 2 is 2.12 bits per heavy atom. The molecule has 1 aromatic carbocycles. The van der Waals surface area contributed by atoms with E-state index in [-0.39, 0.29) is 29.3 Å². The molecular formula is C11H11FO4. The Kier molecular flexibility index (Phi) is 3.60. The maximum atomic E-state index is 13.5. The minimum absolute atomic E-state index is 0.181. The van der Waals surface area contributed by atoms with Gasteiger partial charge in [0.25, 0.3) is 0 Å². The molecule has 0 aliphatic rings. The summed E-state index contributed by atoms with van der Waals surface area (Å²) in [6.07, 6.45) is -0.0485. The predicted molar refractivity (Wildman–Crippen MR) is 54.5 cm³/mol. The van der Waals surface area contributed by atoms with E-state index in [2.05, 4.69) is 0 Å². The van der Waals surface area contributed by atoms with E-state index in [1.54, 1.807) is 13.8 Å². The first-order chi connectivity index (χ1) is 7.45. The highest BCUT2D eigenvalue weighted by molar-refractivity contribution is 5.91. The van der Waals surface area contributed by atoms with E-state index in [0.29, 0.717) is 0 Å². The molecule has 0 heterocycles. The Morgan fingerprint density at radius 1 is 1.50 bits per heavy atom. The topological polar surface area (TPSA) is 63.6 Å². The summed E-state index contributed by atoms with van der Waals surface area (Å²) in [5, 5.41) is 8.76. The van der Waals surface area contributed by atoms with Crippen LogP contribution in [0.25, 0.3) is 0 Å². The Labute approximate surface area is 91.7 Å². The summed E-state index contributed by atoms with van der Waals surface area (Å²) in [7, 11) is 0. The van der Waals surface area contributed by atoms with Crippen molar-refractivity contribution in [3.8, 4) is 5.75 Å². The van der Waals surface area contributed by atoms with Crippen LogP contribution in [0, 0.1) is 5.82 Å². The maximum Gasteiger partial charge on any atom is 0.335 e. The van der Waals surface area contributed by atoms with E-state index in [4.69, 9.17) is 9.84 Å². The first kappa shape index (κ1) is 12.2. The summed E-state index contributed by atoms with van der Waals surface area (Å²) >= 11 is 0. The lowest BCUT2D eigenvalue weighted by atomic mass is 10.1. The lowest BCUT2D eigenvalue weighted by Crippen LogP contribution is -2.10. The van der Waals surface area contributed by atoms with Crippen molar-refractivity contribution in [3.63, 3.8) is 0 Å². The molecular weight excluding hydrogens is 215 g/mol. The van der Waals surface area contributed by atoms with Gasteiger partial charge in [-0.05, 0) is 26.0 Å². The van der Waals surface area contributed by atoms with E-state index < -0.39 is 11.8 Å². The maximum absolute atomic E-state index is 13.5. The molecule has 0 fully saturated rings. The van der Waals surface area contributed by atoms with Crippen molar-refractivity contribution in [3.05, 3.63) is 29.1 Å². The zero-order valence-electron chi connectivity index (χ0n) is 8.86. The molecule has 0 saturated carbocycles. The van der Waals surface area contributed by atoms with Gasteiger partial charge in [-0.3, -0.25) is 4.79 Å². The van der Waals surface area contributed by atoms with Crippen LogP contribution in [0.4, 0.5) is 4.39 Å². The zero-order valence-corrected chi connectivity index (χ0v) is 8.86. The fraction of sp³-hybridized carbons (Fsp3) is 0.273. The van der Waals surface area contributed by atoms with Gasteiger partial charge < -0.3 is 9.84 Å². The van der Waals surface area contributed by atoms with Crippen molar-refractivity contribution < 1.29 is 23.8 Å². The highest BCUT2D eigenvalue weighted by atomic mass is 19.1. The Balaban J connectivity index is 3.29. The van der Waals surface area contributed by atoms with Crippen LogP contribution >= 0.6 is 0 Å². The number of hydrogen-bond acceptors (Lipinski definition) is 3. The van der Waals surface area contributed by atoms with Crippen LogP contribution in [-0.2, 0) is 0 Å². The molecule has 0 amide bonds. The molecule has 0 saturated heterocycles. The highest BCUT2D eigenvalue weighted by Crippen LogP contribution is 2.23. The van der Waals surface area contributed by atoms with Crippen LogP contribution in [-0.4, -0.2) is 23.5 Å². The average molecular weight is 226 g/mol. The van der Waals surface area contributed by atoms with Crippen molar-refractivity contribution in [1.29, 1.82) is 0 Å². The molecule has 4 nitrogen and oxygen atoms in total. The number of ether oxygens (including phenoxy) is 1. The van der Waals surface area contributed by atoms with Crippen LogP contribution in [0.2, 0.25) is 0 Å². The number of carbonyl (C=O) groups is 2. The zero-order chi connectivity index (χ0) is 12.3. The summed E-state index contributed by atoms with van der Waals surface area (Å²) in [4.78, 5) is 21.3. The van der Waals surface area contributed by atoms with E-state index in [1.165, 1.54) is 0 Å². The molecule has 0 spiro atoms. The van der Waals surface area contributed by atoms with Gasteiger partial charge in [0.1, 0.15) is 0 Å². The predicted octanol–water partition coefficient (Wildman–Crippen LogP) is 2.12. The van der Waals surface area contributed by atoms with Gasteiger partial charge in [0.2, 0.25) is 0 Å². The molecule has 1 rings (SSSR count). The van der Waals surface area contributed by atoms with Gasteiger partial charge in [0.15, 0.2) is 17.9 Å². The Hall–Kier alpha value is -1.91. The van der Waals surface area contributed by atoms with E-state index >= 15 is 0 Å². The summed E-state index contributed by atoms with van der Waals surface area (Å²) in [6.45, 7) is 3.35. The SMILES string of the molecule is CC(C)Oc1cc(C(=O)O)cc(C=O)c1F.